The summed E-state index contributed by atoms with van der Waals surface area (Å²) in [5.41, 5.74) is 0.666. The summed E-state index contributed by atoms with van der Waals surface area (Å²) >= 11 is 5.84. The van der Waals surface area contributed by atoms with Crippen LogP contribution in [0.15, 0.2) is 47.4 Å². The van der Waals surface area contributed by atoms with Crippen LogP contribution in [0, 0.1) is 5.92 Å². The maximum atomic E-state index is 12.9. The van der Waals surface area contributed by atoms with E-state index in [0.29, 0.717) is 28.9 Å². The number of carbonyl (C=O) groups excluding carboxylic acids is 1. The highest BCUT2D eigenvalue weighted by atomic mass is 35.5. The molecule has 1 unspecified atom stereocenters. The Kier molecular flexibility index (Phi) is 8.52. The van der Waals surface area contributed by atoms with Crippen molar-refractivity contribution in [3.8, 4) is 5.75 Å². The van der Waals surface area contributed by atoms with Crippen LogP contribution in [-0.2, 0) is 19.6 Å². The summed E-state index contributed by atoms with van der Waals surface area (Å²) in [6, 6.07) is 10.6. The molecule has 7 nitrogen and oxygen atoms in total. The van der Waals surface area contributed by atoms with E-state index in [4.69, 9.17) is 21.1 Å². The first kappa shape index (κ1) is 24.0. The molecule has 0 fully saturated rings. The number of nitrogens with one attached hydrogen (secondary N) is 2. The zero-order chi connectivity index (χ0) is 22.3. The summed E-state index contributed by atoms with van der Waals surface area (Å²) in [5, 5.41) is 3.18. The highest BCUT2D eigenvalue weighted by Gasteiger charge is 2.22. The number of rotatable bonds is 10. The number of hydrogen-bond donors (Lipinski definition) is 2. The molecule has 2 aromatic carbocycles. The van der Waals surface area contributed by atoms with Gasteiger partial charge < -0.3 is 14.8 Å². The second-order valence-electron chi connectivity index (χ2n) is 7.16. The third-order valence-electron chi connectivity index (χ3n) is 4.25. The lowest BCUT2D eigenvalue weighted by Crippen LogP contribution is -2.28. The maximum Gasteiger partial charge on any atom is 0.265 e. The van der Waals surface area contributed by atoms with Crippen LogP contribution in [0.2, 0.25) is 5.02 Å². The molecule has 0 saturated heterocycles. The van der Waals surface area contributed by atoms with E-state index >= 15 is 0 Å². The van der Waals surface area contributed by atoms with Crippen molar-refractivity contribution in [1.29, 1.82) is 0 Å². The number of amides is 1. The molecule has 2 rings (SSSR count). The van der Waals surface area contributed by atoms with Crippen molar-refractivity contribution in [3.63, 3.8) is 0 Å². The van der Waals surface area contributed by atoms with E-state index in [9.17, 15) is 13.2 Å². The van der Waals surface area contributed by atoms with Crippen LogP contribution in [-0.4, -0.2) is 34.1 Å². The quantitative estimate of drug-likeness (QED) is 0.549. The largest absolute Gasteiger partial charge is 0.495 e. The Morgan fingerprint density at radius 1 is 1.07 bits per heavy atom. The second kappa shape index (κ2) is 10.7. The lowest BCUT2D eigenvalue weighted by molar-refractivity contribution is -0.126. The van der Waals surface area contributed by atoms with Crippen molar-refractivity contribution in [1.82, 2.24) is 0 Å². The Morgan fingerprint density at radius 2 is 1.70 bits per heavy atom. The molecule has 0 heterocycles. The standard InChI is InChI=1S/C21H27ClN2O5S/c1-14(2)11-12-29-15(3)21(25)23-18-9-10-19(28-4)20(13-18)30(26,27)24-17-7-5-16(22)6-8-17/h5-10,13-15,24H,11-12H2,1-4H3,(H,23,25). The van der Waals surface area contributed by atoms with Crippen molar-refractivity contribution in [3.05, 3.63) is 47.5 Å². The van der Waals surface area contributed by atoms with Crippen molar-refractivity contribution in [2.45, 2.75) is 38.2 Å². The van der Waals surface area contributed by atoms with Crippen LogP contribution in [0.3, 0.4) is 0 Å². The van der Waals surface area contributed by atoms with Gasteiger partial charge in [0.05, 0.1) is 7.11 Å². The Labute approximate surface area is 182 Å². The van der Waals surface area contributed by atoms with Crippen LogP contribution < -0.4 is 14.8 Å². The number of ether oxygens (including phenoxy) is 2. The Bertz CT molecular complexity index is 962. The molecular weight excluding hydrogens is 428 g/mol. The Balaban J connectivity index is 2.17. The van der Waals surface area contributed by atoms with Crippen molar-refractivity contribution < 1.29 is 22.7 Å². The van der Waals surface area contributed by atoms with Crippen molar-refractivity contribution >= 4 is 38.9 Å². The van der Waals surface area contributed by atoms with E-state index in [1.165, 1.54) is 19.2 Å². The van der Waals surface area contributed by atoms with E-state index in [0.717, 1.165) is 6.42 Å². The number of methoxy groups -OCH3 is 1. The third-order valence-corrected chi connectivity index (χ3v) is 5.90. The predicted molar refractivity (Wildman–Crippen MR) is 119 cm³/mol. The molecule has 0 bridgehead atoms. The average Bonchev–Trinajstić information content (AvgIpc) is 2.69. The smallest absolute Gasteiger partial charge is 0.265 e. The van der Waals surface area contributed by atoms with Gasteiger partial charge in [0.15, 0.2) is 0 Å². The van der Waals surface area contributed by atoms with Gasteiger partial charge in [-0.15, -0.1) is 0 Å². The fourth-order valence-corrected chi connectivity index (χ4v) is 3.87. The lowest BCUT2D eigenvalue weighted by Gasteiger charge is -2.16. The maximum absolute atomic E-state index is 12.9. The van der Waals surface area contributed by atoms with Gasteiger partial charge in [0.2, 0.25) is 0 Å². The number of benzene rings is 2. The van der Waals surface area contributed by atoms with Crippen LogP contribution in [0.1, 0.15) is 27.2 Å². The van der Waals surface area contributed by atoms with E-state index in [1.807, 2.05) is 0 Å². The predicted octanol–water partition coefficient (Wildman–Crippen LogP) is 4.54. The summed E-state index contributed by atoms with van der Waals surface area (Å²) in [4.78, 5) is 12.3. The Hall–Kier alpha value is -2.29. The number of halogens is 1. The van der Waals surface area contributed by atoms with Gasteiger partial charge in [-0.25, -0.2) is 8.42 Å². The van der Waals surface area contributed by atoms with Crippen molar-refractivity contribution in [2.75, 3.05) is 23.8 Å². The molecule has 1 amide bonds. The zero-order valence-corrected chi connectivity index (χ0v) is 19.0. The Morgan fingerprint density at radius 3 is 2.30 bits per heavy atom. The first-order valence-corrected chi connectivity index (χ1v) is 11.4. The van der Waals surface area contributed by atoms with Crippen LogP contribution >= 0.6 is 11.6 Å². The van der Waals surface area contributed by atoms with Gasteiger partial charge in [-0.2, -0.15) is 0 Å². The van der Waals surface area contributed by atoms with Gasteiger partial charge >= 0.3 is 0 Å². The molecule has 2 aromatic rings. The SMILES string of the molecule is COc1ccc(NC(=O)C(C)OCCC(C)C)cc1S(=O)(=O)Nc1ccc(Cl)cc1. The van der Waals surface area contributed by atoms with E-state index in [-0.39, 0.29) is 16.6 Å². The normalized spacial score (nSPS) is 12.5. The molecule has 0 aliphatic carbocycles. The van der Waals surface area contributed by atoms with Gasteiger partial charge in [-0.3, -0.25) is 9.52 Å². The lowest BCUT2D eigenvalue weighted by atomic mass is 10.1. The molecule has 30 heavy (non-hydrogen) atoms. The molecule has 0 aromatic heterocycles. The van der Waals surface area contributed by atoms with Gasteiger partial charge in [0.25, 0.3) is 15.9 Å². The minimum absolute atomic E-state index is 0.105. The highest BCUT2D eigenvalue weighted by Crippen LogP contribution is 2.29. The fourth-order valence-electron chi connectivity index (χ4n) is 2.49. The number of hydrogen-bond acceptors (Lipinski definition) is 5. The summed E-state index contributed by atoms with van der Waals surface area (Å²) in [6.07, 6.45) is 0.178. The van der Waals surface area contributed by atoms with Gasteiger partial charge in [0.1, 0.15) is 16.7 Å². The average molecular weight is 455 g/mol. The first-order valence-electron chi connectivity index (χ1n) is 9.51. The molecule has 0 radical (unpaired) electrons. The van der Waals surface area contributed by atoms with Crippen molar-refractivity contribution in [2.24, 2.45) is 5.92 Å². The molecule has 0 aliphatic rings. The fraction of sp³-hybridized carbons (Fsp3) is 0.381. The second-order valence-corrected chi connectivity index (χ2v) is 9.25. The van der Waals surface area contributed by atoms with Crippen LogP contribution in [0.4, 0.5) is 11.4 Å². The molecule has 9 heteroatoms. The van der Waals surface area contributed by atoms with E-state index in [2.05, 4.69) is 23.9 Å². The summed E-state index contributed by atoms with van der Waals surface area (Å²) < 4.78 is 39.0. The molecule has 0 saturated carbocycles. The summed E-state index contributed by atoms with van der Waals surface area (Å²) in [5.74, 6) is 0.261. The minimum atomic E-state index is -3.97. The number of sulfonamides is 1. The monoisotopic (exact) mass is 454 g/mol. The van der Waals surface area contributed by atoms with Gasteiger partial charge in [0, 0.05) is 23.0 Å². The minimum Gasteiger partial charge on any atom is -0.495 e. The topological polar surface area (TPSA) is 93.7 Å². The summed E-state index contributed by atoms with van der Waals surface area (Å²) in [7, 11) is -2.60. The molecule has 1 atom stereocenters. The first-order chi connectivity index (χ1) is 14.1. The molecular formula is C21H27ClN2O5S. The molecule has 0 spiro atoms. The molecule has 2 N–H and O–H groups in total. The highest BCUT2D eigenvalue weighted by molar-refractivity contribution is 7.92. The number of anilines is 2. The third kappa shape index (κ3) is 6.90. The summed E-state index contributed by atoms with van der Waals surface area (Å²) in [6.45, 7) is 6.27. The van der Waals surface area contributed by atoms with E-state index in [1.54, 1.807) is 37.3 Å². The molecule has 0 aliphatic heterocycles. The van der Waals surface area contributed by atoms with Crippen LogP contribution in [0.5, 0.6) is 5.75 Å². The number of carbonyl (C=O) groups is 1. The molecule has 164 valence electrons. The van der Waals surface area contributed by atoms with Gasteiger partial charge in [-0.1, -0.05) is 25.4 Å². The van der Waals surface area contributed by atoms with Crippen LogP contribution in [0.25, 0.3) is 0 Å². The van der Waals surface area contributed by atoms with E-state index < -0.39 is 16.1 Å². The zero-order valence-electron chi connectivity index (χ0n) is 17.4. The van der Waals surface area contributed by atoms with Gasteiger partial charge in [-0.05, 0) is 61.7 Å².